The molecule has 4 aliphatic rings. The molecule has 3 saturated carbocycles. The number of hydrogen-bond donors (Lipinski definition) is 5. The molecular formula is C34H57NO8. The molecule has 246 valence electrons. The second-order valence-electron chi connectivity index (χ2n) is 15.0. The number of carbonyl (C=O) groups excluding carboxylic acids is 2. The van der Waals surface area contributed by atoms with Crippen molar-refractivity contribution < 1.29 is 39.5 Å². The van der Waals surface area contributed by atoms with Gasteiger partial charge in [0.05, 0.1) is 6.54 Å². The maximum absolute atomic E-state index is 12.5. The van der Waals surface area contributed by atoms with E-state index in [9.17, 15) is 19.8 Å². The van der Waals surface area contributed by atoms with Crippen molar-refractivity contribution in [3.63, 3.8) is 0 Å². The number of rotatable bonds is 12. The molecule has 0 aromatic rings. The normalized spacial score (nSPS) is 35.7. The minimum atomic E-state index is -2.27. The lowest BCUT2D eigenvalue weighted by Crippen LogP contribution is -2.51. The van der Waals surface area contributed by atoms with Crippen molar-refractivity contribution in [2.45, 2.75) is 130 Å². The number of aliphatic hydroxyl groups is 4. The van der Waals surface area contributed by atoms with Gasteiger partial charge in [0.1, 0.15) is 18.8 Å². The maximum Gasteiger partial charge on any atom is 0.407 e. The molecule has 43 heavy (non-hydrogen) atoms. The molecule has 0 spiro atoms. The number of nitrogens with one attached hydrogen (secondary N) is 1. The van der Waals surface area contributed by atoms with Crippen molar-refractivity contribution in [3.8, 4) is 0 Å². The predicted octanol–water partition coefficient (Wildman–Crippen LogP) is 4.70. The van der Waals surface area contributed by atoms with Crippen LogP contribution in [0.1, 0.15) is 105 Å². The molecule has 0 aromatic heterocycles. The van der Waals surface area contributed by atoms with Crippen LogP contribution in [-0.2, 0) is 14.3 Å². The van der Waals surface area contributed by atoms with Crippen molar-refractivity contribution in [1.29, 1.82) is 0 Å². The fourth-order valence-corrected chi connectivity index (χ4v) is 9.64. The first-order valence-electron chi connectivity index (χ1n) is 16.8. The average molecular weight is 608 g/mol. The molecule has 0 saturated heterocycles. The van der Waals surface area contributed by atoms with Crippen LogP contribution in [0.3, 0.4) is 0 Å². The van der Waals surface area contributed by atoms with Crippen LogP contribution in [0.2, 0.25) is 0 Å². The Morgan fingerprint density at radius 3 is 2.44 bits per heavy atom. The third kappa shape index (κ3) is 7.42. The van der Waals surface area contributed by atoms with Crippen molar-refractivity contribution in [2.75, 3.05) is 13.2 Å². The number of ether oxygens (including phenoxy) is 2. The van der Waals surface area contributed by atoms with E-state index in [1.165, 1.54) is 50.5 Å². The highest BCUT2D eigenvalue weighted by molar-refractivity contribution is 5.75. The Hall–Kier alpha value is -1.68. The summed E-state index contributed by atoms with van der Waals surface area (Å²) < 4.78 is 10.5. The molecule has 0 radical (unpaired) electrons. The third-order valence-corrected chi connectivity index (χ3v) is 12.0. The zero-order valence-electron chi connectivity index (χ0n) is 27.0. The van der Waals surface area contributed by atoms with Gasteiger partial charge in [-0.25, -0.2) is 9.59 Å². The van der Waals surface area contributed by atoms with Gasteiger partial charge in [0.25, 0.3) is 0 Å². The van der Waals surface area contributed by atoms with E-state index in [0.29, 0.717) is 11.3 Å². The predicted molar refractivity (Wildman–Crippen MR) is 163 cm³/mol. The molecule has 5 unspecified atom stereocenters. The standard InChI is InChI=1S/C34H57NO8/c1-20(2)7-6-8-21(3)25-11-12-26-24-10-9-22-19-23(13-15-33(22,4)27(24)14-16-34(25,26)5)43-32(41)35-17-18-42-31(40)29(37)28(36)30(38)39/h9,20-21,23-30,36-39H,6-8,10-19H2,1-5H3,(H,35,41)/t21-,23-,24?,25+,26?,27?,28?,29?,33-,34+/m0/s1. The minimum Gasteiger partial charge on any atom is -0.462 e. The van der Waals surface area contributed by atoms with Gasteiger partial charge in [-0.3, -0.25) is 0 Å². The molecule has 9 heteroatoms. The smallest absolute Gasteiger partial charge is 0.407 e. The topological polar surface area (TPSA) is 146 Å². The zero-order valence-corrected chi connectivity index (χ0v) is 27.0. The van der Waals surface area contributed by atoms with Gasteiger partial charge in [-0.15, -0.1) is 0 Å². The fraction of sp³-hybridized carbons (Fsp3) is 0.882. The number of carbonyl (C=O) groups is 2. The lowest BCUT2D eigenvalue weighted by Gasteiger charge is -2.58. The van der Waals surface area contributed by atoms with Crippen LogP contribution in [-0.4, -0.2) is 70.2 Å². The first-order valence-corrected chi connectivity index (χ1v) is 16.8. The number of allylic oxidation sites excluding steroid dienone is 1. The highest BCUT2D eigenvalue weighted by atomic mass is 16.6. The van der Waals surface area contributed by atoms with Gasteiger partial charge in [-0.1, -0.05) is 65.5 Å². The van der Waals surface area contributed by atoms with Crippen LogP contribution in [0.25, 0.3) is 0 Å². The first-order chi connectivity index (χ1) is 20.3. The molecule has 3 fully saturated rings. The van der Waals surface area contributed by atoms with E-state index in [0.717, 1.165) is 55.3 Å². The SMILES string of the molecule is CC(C)CCC[C@H](C)[C@H]1CCC2C3CC=C4C[C@@H](OC(=O)NCCOC(=O)C(O)C(O)C(O)O)CC[C@]4(C)C3CC[C@@]21C. The Bertz CT molecular complexity index is 999. The second kappa shape index (κ2) is 14.2. The highest BCUT2D eigenvalue weighted by Crippen LogP contribution is 2.67. The van der Waals surface area contributed by atoms with Gasteiger partial charge in [-0.05, 0) is 91.3 Å². The Morgan fingerprint density at radius 2 is 1.74 bits per heavy atom. The van der Waals surface area contributed by atoms with E-state index < -0.39 is 30.6 Å². The molecule has 0 aromatic carbocycles. The lowest BCUT2D eigenvalue weighted by atomic mass is 9.47. The van der Waals surface area contributed by atoms with Crippen molar-refractivity contribution in [3.05, 3.63) is 11.6 Å². The summed E-state index contributed by atoms with van der Waals surface area (Å²) in [6.45, 7) is 12.0. The molecule has 0 bridgehead atoms. The van der Waals surface area contributed by atoms with Crippen LogP contribution in [0.4, 0.5) is 4.79 Å². The number of esters is 1. The summed E-state index contributed by atoms with van der Waals surface area (Å²) in [5, 5.41) is 39.2. The van der Waals surface area contributed by atoms with Crippen molar-refractivity contribution in [2.24, 2.45) is 46.3 Å². The number of amides is 1. The zero-order chi connectivity index (χ0) is 31.5. The molecule has 9 nitrogen and oxygen atoms in total. The first kappa shape index (κ1) is 34.2. The largest absolute Gasteiger partial charge is 0.462 e. The minimum absolute atomic E-state index is 0.0382. The fourth-order valence-electron chi connectivity index (χ4n) is 9.64. The summed E-state index contributed by atoms with van der Waals surface area (Å²) in [6, 6.07) is 0. The number of alkyl carbamates (subject to hydrolysis) is 1. The van der Waals surface area contributed by atoms with E-state index in [2.05, 4.69) is 46.0 Å². The quantitative estimate of drug-likeness (QED) is 0.0929. The van der Waals surface area contributed by atoms with E-state index in [-0.39, 0.29) is 24.7 Å². The number of hydrogen-bond acceptors (Lipinski definition) is 8. The van der Waals surface area contributed by atoms with Gasteiger partial charge in [0.15, 0.2) is 12.4 Å². The molecule has 0 aliphatic heterocycles. The molecule has 0 heterocycles. The lowest BCUT2D eigenvalue weighted by molar-refractivity contribution is -0.184. The van der Waals surface area contributed by atoms with Crippen LogP contribution >= 0.6 is 0 Å². The van der Waals surface area contributed by atoms with Gasteiger partial charge < -0.3 is 35.2 Å². The third-order valence-electron chi connectivity index (χ3n) is 12.0. The van der Waals surface area contributed by atoms with Gasteiger partial charge in [0, 0.05) is 6.42 Å². The molecule has 5 N–H and O–H groups in total. The molecule has 10 atom stereocenters. The van der Waals surface area contributed by atoms with Crippen LogP contribution in [0, 0.1) is 46.3 Å². The van der Waals surface area contributed by atoms with Gasteiger partial charge in [-0.2, -0.15) is 0 Å². The summed E-state index contributed by atoms with van der Waals surface area (Å²) in [7, 11) is 0. The number of fused-ring (bicyclic) bond motifs is 5. The maximum atomic E-state index is 12.5. The van der Waals surface area contributed by atoms with Gasteiger partial charge >= 0.3 is 12.1 Å². The monoisotopic (exact) mass is 607 g/mol. The van der Waals surface area contributed by atoms with E-state index in [1.54, 1.807) is 0 Å². The van der Waals surface area contributed by atoms with Crippen LogP contribution in [0.5, 0.6) is 0 Å². The van der Waals surface area contributed by atoms with Gasteiger partial charge in [0.2, 0.25) is 0 Å². The van der Waals surface area contributed by atoms with Crippen LogP contribution < -0.4 is 5.32 Å². The molecule has 4 rings (SSSR count). The summed E-state index contributed by atoms with van der Waals surface area (Å²) in [6.07, 6.45) is 8.46. The summed E-state index contributed by atoms with van der Waals surface area (Å²) in [4.78, 5) is 24.1. The summed E-state index contributed by atoms with van der Waals surface area (Å²) in [5.41, 5.74) is 2.08. The van der Waals surface area contributed by atoms with Crippen molar-refractivity contribution in [1.82, 2.24) is 5.32 Å². The van der Waals surface area contributed by atoms with E-state index in [4.69, 9.17) is 19.7 Å². The molecule has 4 aliphatic carbocycles. The Balaban J connectivity index is 1.26. The average Bonchev–Trinajstić information content (AvgIpc) is 3.31. The summed E-state index contributed by atoms with van der Waals surface area (Å²) >= 11 is 0. The second-order valence-corrected chi connectivity index (χ2v) is 15.0. The van der Waals surface area contributed by atoms with Crippen LogP contribution in [0.15, 0.2) is 11.6 Å². The Morgan fingerprint density at radius 1 is 1.00 bits per heavy atom. The number of aliphatic hydroxyl groups excluding tert-OH is 3. The molecule has 1 amide bonds. The van der Waals surface area contributed by atoms with E-state index in [1.807, 2.05) is 0 Å². The van der Waals surface area contributed by atoms with E-state index >= 15 is 0 Å². The molecular weight excluding hydrogens is 550 g/mol. The summed E-state index contributed by atoms with van der Waals surface area (Å²) in [5.74, 6) is 3.50. The Kier molecular flexibility index (Phi) is 11.3. The van der Waals surface area contributed by atoms with Crippen molar-refractivity contribution >= 4 is 12.1 Å². The highest BCUT2D eigenvalue weighted by Gasteiger charge is 2.59. The Labute approximate surface area is 257 Å².